The Kier molecular flexibility index (Phi) is 4.84. The van der Waals surface area contributed by atoms with Gasteiger partial charge in [0.15, 0.2) is 0 Å². The second-order valence-electron chi connectivity index (χ2n) is 3.98. The predicted molar refractivity (Wildman–Crippen MR) is 58.2 cm³/mol. The molecule has 0 aromatic carbocycles. The van der Waals surface area contributed by atoms with Gasteiger partial charge in [-0.25, -0.2) is 8.42 Å². The quantitative estimate of drug-likeness (QED) is 0.687. The van der Waals surface area contributed by atoms with Crippen LogP contribution < -0.4 is 10.6 Å². The second-order valence-corrected chi connectivity index (χ2v) is 6.24. The number of rotatable bonds is 4. The highest BCUT2D eigenvalue weighted by atomic mass is 32.2. The van der Waals surface area contributed by atoms with E-state index < -0.39 is 9.84 Å². The normalized spacial score (nSPS) is 24.5. The Labute approximate surface area is 86.4 Å². The molecule has 1 heterocycles. The van der Waals surface area contributed by atoms with Crippen molar-refractivity contribution in [3.05, 3.63) is 0 Å². The fourth-order valence-corrected chi connectivity index (χ4v) is 2.13. The van der Waals surface area contributed by atoms with Gasteiger partial charge >= 0.3 is 0 Å². The summed E-state index contributed by atoms with van der Waals surface area (Å²) in [5, 5.41) is 6.61. The molecule has 5 heteroatoms. The highest BCUT2D eigenvalue weighted by Crippen LogP contribution is 2.03. The lowest BCUT2D eigenvalue weighted by molar-refractivity contribution is 0.487. The van der Waals surface area contributed by atoms with Crippen LogP contribution in [0, 0.1) is 0 Å². The maximum Gasteiger partial charge on any atom is 0.148 e. The van der Waals surface area contributed by atoms with Crippen LogP contribution in [-0.4, -0.2) is 46.1 Å². The van der Waals surface area contributed by atoms with Crippen molar-refractivity contribution in [2.75, 3.05) is 31.6 Å². The summed E-state index contributed by atoms with van der Waals surface area (Å²) in [6, 6.07) is 0.444. The zero-order valence-corrected chi connectivity index (χ0v) is 9.57. The molecule has 0 amide bonds. The van der Waals surface area contributed by atoms with E-state index in [0.717, 1.165) is 19.5 Å². The first-order valence-corrected chi connectivity index (χ1v) is 7.26. The predicted octanol–water partition coefficient (Wildman–Crippen LogP) is -0.237. The molecule has 0 aromatic heterocycles. The van der Waals surface area contributed by atoms with Crippen LogP contribution in [0.3, 0.4) is 0 Å². The van der Waals surface area contributed by atoms with Crippen molar-refractivity contribution in [2.24, 2.45) is 0 Å². The monoisotopic (exact) mass is 220 g/mol. The van der Waals surface area contributed by atoms with Crippen LogP contribution in [0.1, 0.15) is 19.3 Å². The van der Waals surface area contributed by atoms with Crippen molar-refractivity contribution >= 4 is 9.84 Å². The first-order valence-electron chi connectivity index (χ1n) is 5.20. The van der Waals surface area contributed by atoms with Gasteiger partial charge < -0.3 is 10.6 Å². The molecule has 0 saturated carbocycles. The van der Waals surface area contributed by atoms with Crippen molar-refractivity contribution in [3.8, 4) is 0 Å². The van der Waals surface area contributed by atoms with E-state index in [1.807, 2.05) is 0 Å². The molecule has 14 heavy (non-hydrogen) atoms. The molecule has 1 fully saturated rings. The van der Waals surface area contributed by atoms with Gasteiger partial charge in [-0.15, -0.1) is 0 Å². The van der Waals surface area contributed by atoms with Gasteiger partial charge in [0.25, 0.3) is 0 Å². The molecule has 0 spiro atoms. The zero-order valence-electron chi connectivity index (χ0n) is 8.75. The number of hydrogen-bond acceptors (Lipinski definition) is 4. The first-order chi connectivity index (χ1) is 6.58. The smallest absolute Gasteiger partial charge is 0.148 e. The van der Waals surface area contributed by atoms with Crippen molar-refractivity contribution in [3.63, 3.8) is 0 Å². The summed E-state index contributed by atoms with van der Waals surface area (Å²) >= 11 is 0. The fraction of sp³-hybridized carbons (Fsp3) is 1.00. The maximum atomic E-state index is 10.9. The Morgan fingerprint density at radius 2 is 2.21 bits per heavy atom. The summed E-state index contributed by atoms with van der Waals surface area (Å²) in [7, 11) is -2.82. The summed E-state index contributed by atoms with van der Waals surface area (Å²) in [5.74, 6) is 0.240. The maximum absolute atomic E-state index is 10.9. The largest absolute Gasteiger partial charge is 0.315 e. The summed E-state index contributed by atoms with van der Waals surface area (Å²) in [6.07, 6.45) is 4.88. The third kappa shape index (κ3) is 5.57. The minimum Gasteiger partial charge on any atom is -0.315 e. The molecule has 1 unspecified atom stereocenters. The first kappa shape index (κ1) is 11.9. The van der Waals surface area contributed by atoms with Crippen molar-refractivity contribution < 1.29 is 8.42 Å². The van der Waals surface area contributed by atoms with E-state index in [9.17, 15) is 8.42 Å². The van der Waals surface area contributed by atoms with Gasteiger partial charge in [-0.2, -0.15) is 0 Å². The van der Waals surface area contributed by atoms with Gasteiger partial charge in [-0.3, -0.25) is 0 Å². The number of sulfone groups is 1. The van der Waals surface area contributed by atoms with E-state index in [1.54, 1.807) is 0 Å². The van der Waals surface area contributed by atoms with Gasteiger partial charge in [0.1, 0.15) is 9.84 Å². The van der Waals surface area contributed by atoms with Crippen molar-refractivity contribution in [1.82, 2.24) is 10.6 Å². The molecular formula is C9H20N2O2S. The Morgan fingerprint density at radius 1 is 1.43 bits per heavy atom. The van der Waals surface area contributed by atoms with Crippen molar-refractivity contribution in [2.45, 2.75) is 25.3 Å². The highest BCUT2D eigenvalue weighted by Gasteiger charge is 2.11. The molecule has 84 valence electrons. The van der Waals surface area contributed by atoms with Crippen LogP contribution >= 0.6 is 0 Å². The van der Waals surface area contributed by atoms with E-state index in [-0.39, 0.29) is 5.75 Å². The molecule has 1 atom stereocenters. The molecule has 0 radical (unpaired) electrons. The van der Waals surface area contributed by atoms with Gasteiger partial charge in [0.2, 0.25) is 0 Å². The molecule has 4 nitrogen and oxygen atoms in total. The zero-order chi connectivity index (χ0) is 10.4. The fourth-order valence-electron chi connectivity index (χ4n) is 1.64. The lowest BCUT2D eigenvalue weighted by Crippen LogP contribution is -2.39. The number of hydrogen-bond donors (Lipinski definition) is 2. The van der Waals surface area contributed by atoms with Crippen LogP contribution in [0.25, 0.3) is 0 Å². The molecule has 1 rings (SSSR count). The standard InChI is InChI=1S/C9H20N2O2S/c1-14(12,13)7-6-11-9-4-2-3-5-10-8-9/h9-11H,2-8H2,1H3. The molecule has 0 aromatic rings. The molecule has 2 N–H and O–H groups in total. The molecular weight excluding hydrogens is 200 g/mol. The van der Waals surface area contributed by atoms with E-state index in [0.29, 0.717) is 12.6 Å². The lowest BCUT2D eigenvalue weighted by atomic mass is 10.1. The van der Waals surface area contributed by atoms with Crippen molar-refractivity contribution in [1.29, 1.82) is 0 Å². The molecule has 1 aliphatic rings. The summed E-state index contributed by atoms with van der Waals surface area (Å²) < 4.78 is 21.8. The Bertz CT molecular complexity index is 244. The SMILES string of the molecule is CS(=O)(=O)CCNC1CCCCNC1. The average molecular weight is 220 g/mol. The average Bonchev–Trinajstić information content (AvgIpc) is 2.30. The molecule has 0 aliphatic carbocycles. The van der Waals surface area contributed by atoms with E-state index >= 15 is 0 Å². The van der Waals surface area contributed by atoms with E-state index in [4.69, 9.17) is 0 Å². The van der Waals surface area contributed by atoms with Gasteiger partial charge in [-0.1, -0.05) is 6.42 Å². The van der Waals surface area contributed by atoms with E-state index in [1.165, 1.54) is 19.1 Å². The minimum absolute atomic E-state index is 0.240. The van der Waals surface area contributed by atoms with Crippen LogP contribution in [0.4, 0.5) is 0 Å². The second kappa shape index (κ2) is 5.68. The summed E-state index contributed by atoms with van der Waals surface area (Å²) in [5.41, 5.74) is 0. The summed E-state index contributed by atoms with van der Waals surface area (Å²) in [4.78, 5) is 0. The third-order valence-electron chi connectivity index (χ3n) is 2.45. The Balaban J connectivity index is 2.16. The summed E-state index contributed by atoms with van der Waals surface area (Å²) in [6.45, 7) is 2.62. The van der Waals surface area contributed by atoms with Gasteiger partial charge in [-0.05, 0) is 19.4 Å². The molecule has 0 bridgehead atoms. The number of nitrogens with one attached hydrogen (secondary N) is 2. The van der Waals surface area contributed by atoms with Gasteiger partial charge in [0, 0.05) is 25.4 Å². The third-order valence-corrected chi connectivity index (χ3v) is 3.40. The Morgan fingerprint density at radius 3 is 2.93 bits per heavy atom. The lowest BCUT2D eigenvalue weighted by Gasteiger charge is -2.15. The van der Waals surface area contributed by atoms with Crippen LogP contribution in [0.2, 0.25) is 0 Å². The Hall–Kier alpha value is -0.130. The van der Waals surface area contributed by atoms with Crippen LogP contribution in [0.5, 0.6) is 0 Å². The van der Waals surface area contributed by atoms with Crippen LogP contribution in [-0.2, 0) is 9.84 Å². The molecule has 1 aliphatic heterocycles. The minimum atomic E-state index is -2.82. The molecule has 1 saturated heterocycles. The highest BCUT2D eigenvalue weighted by molar-refractivity contribution is 7.90. The van der Waals surface area contributed by atoms with Gasteiger partial charge in [0.05, 0.1) is 5.75 Å². The van der Waals surface area contributed by atoms with E-state index in [2.05, 4.69) is 10.6 Å². The van der Waals surface area contributed by atoms with Crippen LogP contribution in [0.15, 0.2) is 0 Å². The topological polar surface area (TPSA) is 58.2 Å².